The Balaban J connectivity index is 2.31. The number of nitrogens with one attached hydrogen (secondary N) is 1. The van der Waals surface area contributed by atoms with E-state index >= 15 is 0 Å². The average molecular weight is 201 g/mol. The van der Waals surface area contributed by atoms with E-state index in [9.17, 15) is 5.11 Å². The molecule has 0 bridgehead atoms. The summed E-state index contributed by atoms with van der Waals surface area (Å²) in [7, 11) is 0. The second-order valence-electron chi connectivity index (χ2n) is 4.60. The van der Waals surface area contributed by atoms with Crippen LogP contribution in [-0.2, 0) is 0 Å². The number of hydrogen-bond acceptors (Lipinski definition) is 3. The van der Waals surface area contributed by atoms with Crippen LogP contribution in [0.3, 0.4) is 0 Å². The first kappa shape index (κ1) is 12.0. The maximum absolute atomic E-state index is 10.3. The van der Waals surface area contributed by atoms with Crippen molar-refractivity contribution in [1.82, 2.24) is 5.32 Å². The Kier molecular flexibility index (Phi) is 4.85. The van der Waals surface area contributed by atoms with Crippen molar-refractivity contribution in [2.75, 3.05) is 13.2 Å². The smallest absolute Gasteiger partial charge is 0.0771 e. The minimum Gasteiger partial charge on any atom is -0.395 e. The molecule has 3 nitrogen and oxygen atoms in total. The molecule has 84 valence electrons. The minimum atomic E-state index is -0.528. The molecule has 1 unspecified atom stereocenters. The van der Waals surface area contributed by atoms with Crippen LogP contribution in [0.1, 0.15) is 45.4 Å². The van der Waals surface area contributed by atoms with Crippen molar-refractivity contribution in [3.05, 3.63) is 0 Å². The zero-order valence-corrected chi connectivity index (χ0v) is 9.13. The zero-order chi connectivity index (χ0) is 10.4. The van der Waals surface area contributed by atoms with E-state index in [1.165, 1.54) is 12.8 Å². The van der Waals surface area contributed by atoms with Crippen molar-refractivity contribution < 1.29 is 10.2 Å². The molecule has 1 saturated carbocycles. The van der Waals surface area contributed by atoms with Gasteiger partial charge in [-0.3, -0.25) is 0 Å². The van der Waals surface area contributed by atoms with Crippen LogP contribution >= 0.6 is 0 Å². The van der Waals surface area contributed by atoms with Crippen molar-refractivity contribution in [3.63, 3.8) is 0 Å². The molecule has 0 aromatic heterocycles. The molecule has 0 amide bonds. The van der Waals surface area contributed by atoms with Crippen molar-refractivity contribution in [2.45, 2.75) is 57.1 Å². The Bertz CT molecular complexity index is 153. The van der Waals surface area contributed by atoms with Crippen molar-refractivity contribution in [1.29, 1.82) is 0 Å². The molecule has 0 aromatic rings. The maximum atomic E-state index is 10.3. The molecule has 0 saturated heterocycles. The fraction of sp³-hybridized carbons (Fsp3) is 1.00. The van der Waals surface area contributed by atoms with Gasteiger partial charge in [0.1, 0.15) is 0 Å². The van der Waals surface area contributed by atoms with Crippen molar-refractivity contribution >= 4 is 0 Å². The molecule has 1 aliphatic rings. The molecule has 14 heavy (non-hydrogen) atoms. The molecule has 1 atom stereocenters. The Morgan fingerprint density at radius 1 is 1.21 bits per heavy atom. The van der Waals surface area contributed by atoms with Crippen LogP contribution in [-0.4, -0.2) is 35.0 Å². The quantitative estimate of drug-likeness (QED) is 0.596. The summed E-state index contributed by atoms with van der Waals surface area (Å²) in [5.74, 6) is 0. The van der Waals surface area contributed by atoms with Crippen molar-refractivity contribution in [2.24, 2.45) is 0 Å². The van der Waals surface area contributed by atoms with Gasteiger partial charge in [0.2, 0.25) is 0 Å². The number of rotatable bonds is 4. The van der Waals surface area contributed by atoms with E-state index in [1.54, 1.807) is 0 Å². The number of aliphatic hydroxyl groups is 2. The summed E-state index contributed by atoms with van der Waals surface area (Å²) >= 11 is 0. The lowest BCUT2D eigenvalue weighted by atomic mass is 9.94. The van der Waals surface area contributed by atoms with Crippen LogP contribution in [0.5, 0.6) is 0 Å². The largest absolute Gasteiger partial charge is 0.395 e. The highest BCUT2D eigenvalue weighted by molar-refractivity contribution is 4.84. The van der Waals surface area contributed by atoms with Crippen LogP contribution in [0.2, 0.25) is 0 Å². The minimum absolute atomic E-state index is 0.0854. The van der Waals surface area contributed by atoms with Gasteiger partial charge in [-0.05, 0) is 19.8 Å². The lowest BCUT2D eigenvalue weighted by Gasteiger charge is -2.28. The van der Waals surface area contributed by atoms with Crippen LogP contribution in [0.4, 0.5) is 0 Å². The highest BCUT2D eigenvalue weighted by Gasteiger charge is 2.27. The fourth-order valence-electron chi connectivity index (χ4n) is 1.99. The predicted molar refractivity (Wildman–Crippen MR) is 57.2 cm³/mol. The Morgan fingerprint density at radius 2 is 1.79 bits per heavy atom. The highest BCUT2D eigenvalue weighted by Crippen LogP contribution is 2.26. The van der Waals surface area contributed by atoms with E-state index < -0.39 is 5.60 Å². The molecule has 1 rings (SSSR count). The van der Waals surface area contributed by atoms with Gasteiger partial charge in [0.05, 0.1) is 12.2 Å². The lowest BCUT2D eigenvalue weighted by molar-refractivity contribution is 0.0215. The van der Waals surface area contributed by atoms with Crippen LogP contribution in [0, 0.1) is 0 Å². The monoisotopic (exact) mass is 201 g/mol. The van der Waals surface area contributed by atoms with E-state index in [0.29, 0.717) is 6.54 Å². The molecule has 3 heteroatoms. The van der Waals surface area contributed by atoms with E-state index in [1.807, 2.05) is 6.92 Å². The van der Waals surface area contributed by atoms with Crippen molar-refractivity contribution in [3.8, 4) is 0 Å². The summed E-state index contributed by atoms with van der Waals surface area (Å²) < 4.78 is 0. The van der Waals surface area contributed by atoms with E-state index in [4.69, 9.17) is 5.11 Å². The van der Waals surface area contributed by atoms with Gasteiger partial charge >= 0.3 is 0 Å². The summed E-state index contributed by atoms with van der Waals surface area (Å²) in [4.78, 5) is 0. The molecule has 1 fully saturated rings. The third-order valence-corrected chi connectivity index (χ3v) is 3.09. The van der Waals surface area contributed by atoms with E-state index in [0.717, 1.165) is 25.7 Å². The van der Waals surface area contributed by atoms with Gasteiger partial charge in [0.25, 0.3) is 0 Å². The third-order valence-electron chi connectivity index (χ3n) is 3.09. The number of hydrogen-bond donors (Lipinski definition) is 3. The zero-order valence-electron chi connectivity index (χ0n) is 9.13. The first-order chi connectivity index (χ1) is 6.66. The van der Waals surface area contributed by atoms with E-state index in [-0.39, 0.29) is 12.6 Å². The summed E-state index contributed by atoms with van der Waals surface area (Å²) in [5.41, 5.74) is -0.528. The summed E-state index contributed by atoms with van der Waals surface area (Å²) in [6, 6.07) is 0.0854. The molecule has 0 aliphatic heterocycles. The normalized spacial score (nSPS) is 24.2. The van der Waals surface area contributed by atoms with Gasteiger partial charge in [0, 0.05) is 12.6 Å². The van der Waals surface area contributed by atoms with Gasteiger partial charge in [-0.1, -0.05) is 25.7 Å². The van der Waals surface area contributed by atoms with Gasteiger partial charge < -0.3 is 15.5 Å². The van der Waals surface area contributed by atoms with Crippen LogP contribution < -0.4 is 5.32 Å². The Labute approximate surface area is 86.5 Å². The standard InChI is InChI=1S/C11H23NO2/c1-10(8-13)12-9-11(14)6-4-2-3-5-7-11/h10,12-14H,2-9H2,1H3. The predicted octanol–water partition coefficient (Wildman–Crippen LogP) is 1.04. The molecule has 0 heterocycles. The topological polar surface area (TPSA) is 52.5 Å². The van der Waals surface area contributed by atoms with Gasteiger partial charge in [0.15, 0.2) is 0 Å². The van der Waals surface area contributed by atoms with Gasteiger partial charge in [-0.2, -0.15) is 0 Å². The molecule has 0 aromatic carbocycles. The second-order valence-corrected chi connectivity index (χ2v) is 4.60. The third kappa shape index (κ3) is 3.95. The lowest BCUT2D eigenvalue weighted by Crippen LogP contribution is -2.44. The Hall–Kier alpha value is -0.120. The maximum Gasteiger partial charge on any atom is 0.0771 e. The molecule has 3 N–H and O–H groups in total. The van der Waals surface area contributed by atoms with Gasteiger partial charge in [-0.25, -0.2) is 0 Å². The molecule has 0 spiro atoms. The Morgan fingerprint density at radius 3 is 2.29 bits per heavy atom. The average Bonchev–Trinajstić information content (AvgIpc) is 2.40. The van der Waals surface area contributed by atoms with E-state index in [2.05, 4.69) is 5.32 Å². The van der Waals surface area contributed by atoms with Crippen LogP contribution in [0.25, 0.3) is 0 Å². The number of aliphatic hydroxyl groups excluding tert-OH is 1. The molecule has 1 aliphatic carbocycles. The first-order valence-electron chi connectivity index (χ1n) is 5.73. The van der Waals surface area contributed by atoms with Gasteiger partial charge in [-0.15, -0.1) is 0 Å². The SMILES string of the molecule is CC(CO)NCC1(O)CCCCCC1. The summed E-state index contributed by atoms with van der Waals surface area (Å²) in [6.45, 7) is 2.69. The summed E-state index contributed by atoms with van der Waals surface area (Å²) in [5, 5.41) is 22.3. The molecular formula is C11H23NO2. The fourth-order valence-corrected chi connectivity index (χ4v) is 1.99. The van der Waals surface area contributed by atoms with Crippen LogP contribution in [0.15, 0.2) is 0 Å². The summed E-state index contributed by atoms with van der Waals surface area (Å²) in [6.07, 6.45) is 6.56. The highest BCUT2D eigenvalue weighted by atomic mass is 16.3. The first-order valence-corrected chi connectivity index (χ1v) is 5.73. The molecule has 0 radical (unpaired) electrons. The molecular weight excluding hydrogens is 178 g/mol. The second kappa shape index (κ2) is 5.69.